The van der Waals surface area contributed by atoms with Crippen LogP contribution in [0.5, 0.6) is 0 Å². The smallest absolute Gasteiger partial charge is 0.126 e. The fraction of sp³-hybridized carbons (Fsp3) is 0.250. The van der Waals surface area contributed by atoms with E-state index in [4.69, 9.17) is 5.73 Å². The van der Waals surface area contributed by atoms with E-state index >= 15 is 0 Å². The number of rotatable bonds is 3. The highest BCUT2D eigenvalue weighted by Crippen LogP contribution is 2.25. The molecule has 0 aliphatic carbocycles. The van der Waals surface area contributed by atoms with E-state index in [1.54, 1.807) is 37.3 Å². The summed E-state index contributed by atoms with van der Waals surface area (Å²) in [5.74, 6) is -0.525. The van der Waals surface area contributed by atoms with Gasteiger partial charge in [-0.15, -0.1) is 0 Å². The third-order valence-electron chi connectivity index (χ3n) is 3.33. The first-order valence-corrected chi connectivity index (χ1v) is 6.19. The van der Waals surface area contributed by atoms with Gasteiger partial charge in [-0.25, -0.2) is 8.78 Å². The molecule has 0 aliphatic rings. The lowest BCUT2D eigenvalue weighted by Gasteiger charge is -2.26. The largest absolute Gasteiger partial charge is 0.321 e. The molecule has 2 aromatic carbocycles. The molecule has 3 heteroatoms. The Hall–Kier alpha value is -1.74. The lowest BCUT2D eigenvalue weighted by molar-refractivity contribution is 0.473. The Kier molecular flexibility index (Phi) is 3.67. The quantitative estimate of drug-likeness (QED) is 0.896. The second-order valence-corrected chi connectivity index (χ2v) is 5.15. The fourth-order valence-corrected chi connectivity index (χ4v) is 2.14. The van der Waals surface area contributed by atoms with Crippen molar-refractivity contribution in [3.8, 4) is 0 Å². The van der Waals surface area contributed by atoms with Crippen molar-refractivity contribution in [2.24, 2.45) is 5.73 Å². The maximum atomic E-state index is 13.7. The van der Waals surface area contributed by atoms with Gasteiger partial charge in [-0.2, -0.15) is 0 Å². The summed E-state index contributed by atoms with van der Waals surface area (Å²) in [6, 6.07) is 11.3. The van der Waals surface area contributed by atoms with Crippen molar-refractivity contribution in [3.63, 3.8) is 0 Å². The maximum Gasteiger partial charge on any atom is 0.126 e. The van der Waals surface area contributed by atoms with Gasteiger partial charge in [0.15, 0.2) is 0 Å². The summed E-state index contributed by atoms with van der Waals surface area (Å²) >= 11 is 0. The van der Waals surface area contributed by atoms with Gasteiger partial charge in [0.25, 0.3) is 0 Å². The van der Waals surface area contributed by atoms with Gasteiger partial charge in [-0.3, -0.25) is 0 Å². The minimum Gasteiger partial charge on any atom is -0.321 e. The molecule has 0 heterocycles. The van der Waals surface area contributed by atoms with Crippen LogP contribution in [0.3, 0.4) is 0 Å². The Balaban J connectivity index is 2.32. The Morgan fingerprint density at radius 3 is 2.37 bits per heavy atom. The van der Waals surface area contributed by atoms with Crippen molar-refractivity contribution in [2.75, 3.05) is 0 Å². The molecule has 0 spiro atoms. The van der Waals surface area contributed by atoms with Crippen molar-refractivity contribution in [2.45, 2.75) is 25.8 Å². The SMILES string of the molecule is Cc1cc(C(C)(N)Cc2ccccc2F)ccc1F. The van der Waals surface area contributed by atoms with Gasteiger partial charge >= 0.3 is 0 Å². The average molecular weight is 261 g/mol. The second kappa shape index (κ2) is 5.10. The molecule has 0 bridgehead atoms. The summed E-state index contributed by atoms with van der Waals surface area (Å²) in [7, 11) is 0. The Morgan fingerprint density at radius 1 is 1.05 bits per heavy atom. The van der Waals surface area contributed by atoms with E-state index in [-0.39, 0.29) is 11.6 Å². The highest BCUT2D eigenvalue weighted by Gasteiger charge is 2.23. The lowest BCUT2D eigenvalue weighted by atomic mass is 9.86. The molecular formula is C16H17F2N. The number of hydrogen-bond donors (Lipinski definition) is 1. The third kappa shape index (κ3) is 2.99. The predicted octanol–water partition coefficient (Wildman–Crippen LogP) is 3.69. The normalized spacial score (nSPS) is 14.2. The van der Waals surface area contributed by atoms with Crippen LogP contribution in [0.2, 0.25) is 0 Å². The van der Waals surface area contributed by atoms with Crippen LogP contribution in [-0.4, -0.2) is 0 Å². The van der Waals surface area contributed by atoms with Gasteiger partial charge in [0, 0.05) is 5.54 Å². The van der Waals surface area contributed by atoms with Crippen LogP contribution in [0.1, 0.15) is 23.6 Å². The van der Waals surface area contributed by atoms with Gasteiger partial charge in [0.05, 0.1) is 0 Å². The van der Waals surface area contributed by atoms with Crippen LogP contribution in [0.15, 0.2) is 42.5 Å². The van der Waals surface area contributed by atoms with Crippen LogP contribution in [-0.2, 0) is 12.0 Å². The molecule has 0 saturated carbocycles. The first-order valence-electron chi connectivity index (χ1n) is 6.19. The van der Waals surface area contributed by atoms with E-state index in [2.05, 4.69) is 0 Å². The molecule has 19 heavy (non-hydrogen) atoms. The maximum absolute atomic E-state index is 13.7. The highest BCUT2D eigenvalue weighted by molar-refractivity contribution is 5.32. The van der Waals surface area contributed by atoms with Crippen LogP contribution < -0.4 is 5.73 Å². The molecule has 1 unspecified atom stereocenters. The van der Waals surface area contributed by atoms with Gasteiger partial charge in [0.2, 0.25) is 0 Å². The molecule has 0 aromatic heterocycles. The minimum atomic E-state index is -0.735. The standard InChI is InChI=1S/C16H17F2N/c1-11-9-13(7-8-14(11)17)16(2,19)10-12-5-3-4-6-15(12)18/h3-9H,10,19H2,1-2H3. The molecule has 1 atom stereocenters. The summed E-state index contributed by atoms with van der Waals surface area (Å²) in [6.07, 6.45) is 0.366. The molecule has 0 radical (unpaired) electrons. The van der Waals surface area contributed by atoms with Gasteiger partial charge in [0.1, 0.15) is 11.6 Å². The monoisotopic (exact) mass is 261 g/mol. The van der Waals surface area contributed by atoms with E-state index in [0.29, 0.717) is 17.5 Å². The van der Waals surface area contributed by atoms with E-state index in [1.165, 1.54) is 12.1 Å². The second-order valence-electron chi connectivity index (χ2n) is 5.15. The third-order valence-corrected chi connectivity index (χ3v) is 3.33. The van der Waals surface area contributed by atoms with Crippen LogP contribution in [0.4, 0.5) is 8.78 Å². The zero-order valence-corrected chi connectivity index (χ0v) is 11.1. The topological polar surface area (TPSA) is 26.0 Å². The molecule has 1 nitrogen and oxygen atoms in total. The van der Waals surface area contributed by atoms with E-state index in [9.17, 15) is 8.78 Å². The number of benzene rings is 2. The summed E-state index contributed by atoms with van der Waals surface area (Å²) in [5, 5.41) is 0. The van der Waals surface area contributed by atoms with E-state index in [1.807, 2.05) is 6.92 Å². The lowest BCUT2D eigenvalue weighted by Crippen LogP contribution is -2.35. The van der Waals surface area contributed by atoms with Crippen molar-refractivity contribution in [1.29, 1.82) is 0 Å². The number of nitrogens with two attached hydrogens (primary N) is 1. The molecule has 0 aliphatic heterocycles. The Labute approximate surface area is 112 Å². The van der Waals surface area contributed by atoms with Gasteiger partial charge in [-0.05, 0) is 49.1 Å². The zero-order chi connectivity index (χ0) is 14.0. The van der Waals surface area contributed by atoms with E-state index < -0.39 is 5.54 Å². The van der Waals surface area contributed by atoms with Gasteiger partial charge < -0.3 is 5.73 Å². The molecule has 2 N–H and O–H groups in total. The van der Waals surface area contributed by atoms with Crippen molar-refractivity contribution in [1.82, 2.24) is 0 Å². The van der Waals surface area contributed by atoms with Crippen LogP contribution in [0, 0.1) is 18.6 Å². The first-order chi connectivity index (χ1) is 8.90. The molecule has 100 valence electrons. The zero-order valence-electron chi connectivity index (χ0n) is 11.1. The molecule has 0 amide bonds. The highest BCUT2D eigenvalue weighted by atomic mass is 19.1. The van der Waals surface area contributed by atoms with Crippen molar-refractivity contribution >= 4 is 0 Å². The minimum absolute atomic E-state index is 0.259. The first kappa shape index (κ1) is 13.7. The fourth-order valence-electron chi connectivity index (χ4n) is 2.14. The Bertz CT molecular complexity index is 591. The average Bonchev–Trinajstić information content (AvgIpc) is 2.35. The molecular weight excluding hydrogens is 244 g/mol. The molecule has 2 rings (SSSR count). The summed E-state index contributed by atoms with van der Waals surface area (Å²) in [4.78, 5) is 0. The van der Waals surface area contributed by atoms with Crippen LogP contribution >= 0.6 is 0 Å². The summed E-state index contributed by atoms with van der Waals surface area (Å²) < 4.78 is 26.9. The number of halogens is 2. The molecule has 2 aromatic rings. The van der Waals surface area contributed by atoms with Crippen molar-refractivity contribution < 1.29 is 8.78 Å². The molecule has 0 saturated heterocycles. The Morgan fingerprint density at radius 2 is 1.74 bits per heavy atom. The van der Waals surface area contributed by atoms with E-state index in [0.717, 1.165) is 5.56 Å². The van der Waals surface area contributed by atoms with Crippen molar-refractivity contribution in [3.05, 3.63) is 70.8 Å². The number of aryl methyl sites for hydroxylation is 1. The van der Waals surface area contributed by atoms with Gasteiger partial charge in [-0.1, -0.05) is 30.3 Å². The van der Waals surface area contributed by atoms with Crippen LogP contribution in [0.25, 0.3) is 0 Å². The number of hydrogen-bond acceptors (Lipinski definition) is 1. The summed E-state index contributed by atoms with van der Waals surface area (Å²) in [5.41, 5.74) is 7.44. The summed E-state index contributed by atoms with van der Waals surface area (Å²) in [6.45, 7) is 3.52. The predicted molar refractivity (Wildman–Crippen MR) is 72.8 cm³/mol. The molecule has 0 fully saturated rings.